The van der Waals surface area contributed by atoms with Crippen molar-refractivity contribution in [2.75, 3.05) is 50.0 Å². The lowest BCUT2D eigenvalue weighted by atomic mass is 9.85. The summed E-state index contributed by atoms with van der Waals surface area (Å²) in [5.41, 5.74) is 1.89. The fourth-order valence-corrected chi connectivity index (χ4v) is 5.49. The van der Waals surface area contributed by atoms with Crippen LogP contribution in [0, 0.1) is 11.7 Å². The van der Waals surface area contributed by atoms with E-state index in [-0.39, 0.29) is 29.8 Å². The average Bonchev–Trinajstić information content (AvgIpc) is 3.30. The van der Waals surface area contributed by atoms with Crippen molar-refractivity contribution in [3.8, 4) is 0 Å². The van der Waals surface area contributed by atoms with Crippen LogP contribution in [0.2, 0.25) is 0 Å². The van der Waals surface area contributed by atoms with Gasteiger partial charge >= 0.3 is 0 Å². The Labute approximate surface area is 233 Å². The van der Waals surface area contributed by atoms with Crippen molar-refractivity contribution in [3.63, 3.8) is 0 Å². The van der Waals surface area contributed by atoms with E-state index in [0.29, 0.717) is 17.0 Å². The van der Waals surface area contributed by atoms with Gasteiger partial charge in [0.2, 0.25) is 11.9 Å². The molecule has 1 aromatic carbocycles. The molecule has 0 unspecified atom stereocenters. The van der Waals surface area contributed by atoms with Crippen LogP contribution in [0.15, 0.2) is 36.5 Å². The molecular formula is C29H38FN7O3. The summed E-state index contributed by atoms with van der Waals surface area (Å²) in [4.78, 5) is 37.3. The number of hydrogen-bond acceptors (Lipinski definition) is 7. The number of imidazole rings is 1. The fourth-order valence-electron chi connectivity index (χ4n) is 5.49. The van der Waals surface area contributed by atoms with Crippen molar-refractivity contribution >= 4 is 34.6 Å². The molecule has 0 spiro atoms. The summed E-state index contributed by atoms with van der Waals surface area (Å²) in [6.45, 7) is 8.95. The second-order valence-corrected chi connectivity index (χ2v) is 10.9. The topological polar surface area (TPSA) is 113 Å². The van der Waals surface area contributed by atoms with Gasteiger partial charge in [0, 0.05) is 55.8 Å². The number of hydrogen-bond donors (Lipinski definition) is 3. The Bertz CT molecular complexity index is 1310. The van der Waals surface area contributed by atoms with E-state index in [9.17, 15) is 14.0 Å². The first-order chi connectivity index (χ1) is 19.4. The Morgan fingerprint density at radius 3 is 2.52 bits per heavy atom. The molecule has 0 atom stereocenters. The molecule has 1 saturated carbocycles. The van der Waals surface area contributed by atoms with Crippen LogP contribution < -0.4 is 16.0 Å². The minimum Gasteiger partial charge on any atom is -0.379 e. The monoisotopic (exact) mass is 551 g/mol. The number of amides is 2. The van der Waals surface area contributed by atoms with Crippen molar-refractivity contribution in [2.24, 2.45) is 5.92 Å². The third kappa shape index (κ3) is 6.76. The molecule has 0 radical (unpaired) electrons. The summed E-state index contributed by atoms with van der Waals surface area (Å²) >= 11 is 0. The molecule has 2 aliphatic rings. The van der Waals surface area contributed by atoms with Gasteiger partial charge in [-0.25, -0.2) is 14.4 Å². The second-order valence-electron chi connectivity index (χ2n) is 10.9. The third-order valence-corrected chi connectivity index (χ3v) is 7.61. The minimum absolute atomic E-state index is 0.0234. The van der Waals surface area contributed by atoms with E-state index < -0.39 is 5.82 Å². The Morgan fingerprint density at radius 2 is 1.82 bits per heavy atom. The molecule has 1 aliphatic heterocycles. The van der Waals surface area contributed by atoms with Crippen molar-refractivity contribution in [1.82, 2.24) is 24.8 Å². The molecule has 2 fully saturated rings. The lowest BCUT2D eigenvalue weighted by Gasteiger charge is -2.30. The number of carbonyl (C=O) groups is 2. The molecule has 3 heterocycles. The highest BCUT2D eigenvalue weighted by Crippen LogP contribution is 2.37. The molecule has 2 aromatic heterocycles. The maximum absolute atomic E-state index is 13.4. The highest BCUT2D eigenvalue weighted by atomic mass is 19.1. The number of rotatable bonds is 9. The molecule has 1 aliphatic carbocycles. The van der Waals surface area contributed by atoms with Gasteiger partial charge in [-0.1, -0.05) is 0 Å². The highest BCUT2D eigenvalue weighted by Gasteiger charge is 2.30. The van der Waals surface area contributed by atoms with Gasteiger partial charge in [-0.05, 0) is 63.8 Å². The zero-order valence-corrected chi connectivity index (χ0v) is 23.2. The summed E-state index contributed by atoms with van der Waals surface area (Å²) in [6.07, 6.45) is 4.79. The normalized spacial score (nSPS) is 20.0. The van der Waals surface area contributed by atoms with Gasteiger partial charge in [0.25, 0.3) is 5.91 Å². The largest absolute Gasteiger partial charge is 0.379 e. The Hall–Kier alpha value is -3.57. The number of nitrogens with one attached hydrogen (secondary N) is 3. The van der Waals surface area contributed by atoms with Crippen LogP contribution in [0.25, 0.3) is 11.0 Å². The maximum Gasteiger partial charge on any atom is 0.257 e. The molecule has 214 valence electrons. The number of pyridine rings is 1. The van der Waals surface area contributed by atoms with Gasteiger partial charge in [0.15, 0.2) is 0 Å². The summed E-state index contributed by atoms with van der Waals surface area (Å²) in [5.74, 6) is 0.477. The average molecular weight is 552 g/mol. The smallest absolute Gasteiger partial charge is 0.257 e. The summed E-state index contributed by atoms with van der Waals surface area (Å²) < 4.78 is 20.9. The Morgan fingerprint density at radius 1 is 1.10 bits per heavy atom. The van der Waals surface area contributed by atoms with E-state index in [1.165, 1.54) is 24.3 Å². The molecule has 11 heteroatoms. The molecule has 10 nitrogen and oxygen atoms in total. The van der Waals surface area contributed by atoms with E-state index in [4.69, 9.17) is 9.72 Å². The van der Waals surface area contributed by atoms with Crippen LogP contribution in [-0.4, -0.2) is 76.7 Å². The van der Waals surface area contributed by atoms with Gasteiger partial charge < -0.3 is 19.9 Å². The van der Waals surface area contributed by atoms with Crippen molar-refractivity contribution in [3.05, 3.63) is 47.9 Å². The first-order valence-corrected chi connectivity index (χ1v) is 14.2. The molecule has 0 bridgehead atoms. The molecular weight excluding hydrogens is 513 g/mol. The van der Waals surface area contributed by atoms with Crippen molar-refractivity contribution in [2.45, 2.75) is 51.6 Å². The lowest BCUT2D eigenvalue weighted by Crippen LogP contribution is -2.39. The second kappa shape index (κ2) is 12.7. The van der Waals surface area contributed by atoms with E-state index in [0.717, 1.165) is 76.4 Å². The number of nitrogens with zero attached hydrogens (tertiary/aromatic N) is 4. The van der Waals surface area contributed by atoms with Gasteiger partial charge in [-0.3, -0.25) is 19.8 Å². The van der Waals surface area contributed by atoms with Crippen LogP contribution in [0.4, 0.5) is 16.2 Å². The highest BCUT2D eigenvalue weighted by molar-refractivity contribution is 6.04. The molecule has 5 rings (SSSR count). The molecule has 2 amide bonds. The van der Waals surface area contributed by atoms with E-state index in [2.05, 4.69) is 30.4 Å². The predicted octanol–water partition coefficient (Wildman–Crippen LogP) is 3.82. The van der Waals surface area contributed by atoms with Crippen LogP contribution >= 0.6 is 0 Å². The molecule has 3 N–H and O–H groups in total. The van der Waals surface area contributed by atoms with Crippen LogP contribution in [-0.2, 0) is 9.53 Å². The minimum atomic E-state index is -0.401. The van der Waals surface area contributed by atoms with Crippen LogP contribution in [0.1, 0.15) is 55.9 Å². The standard InChI is InChI=1S/C29H38FN7O3/c1-19(2)33-27(38)21-5-9-23(10-6-21)37-25-17-26(31-11-12-36-13-15-40-16-14-36)32-18-24(25)34-29(37)35-28(39)20-3-7-22(30)8-4-20/h3-4,7-8,17-19,21,23H,5-6,9-16H2,1-2H3,(H,31,32)(H,33,38)(H,34,35,39). The van der Waals surface area contributed by atoms with E-state index in [1.807, 2.05) is 19.9 Å². The van der Waals surface area contributed by atoms with Gasteiger partial charge in [-0.2, -0.15) is 0 Å². The third-order valence-electron chi connectivity index (χ3n) is 7.61. The molecule has 3 aromatic rings. The van der Waals surface area contributed by atoms with Crippen molar-refractivity contribution in [1.29, 1.82) is 0 Å². The van der Waals surface area contributed by atoms with Crippen LogP contribution in [0.5, 0.6) is 0 Å². The molecule has 1 saturated heterocycles. The lowest BCUT2D eigenvalue weighted by molar-refractivity contribution is -0.126. The predicted molar refractivity (Wildman–Crippen MR) is 152 cm³/mol. The zero-order chi connectivity index (χ0) is 28.1. The van der Waals surface area contributed by atoms with E-state index >= 15 is 0 Å². The number of morpholine rings is 1. The molecule has 40 heavy (non-hydrogen) atoms. The van der Waals surface area contributed by atoms with Gasteiger partial charge in [-0.15, -0.1) is 0 Å². The van der Waals surface area contributed by atoms with Crippen molar-refractivity contribution < 1.29 is 18.7 Å². The number of aromatic nitrogens is 3. The number of ether oxygens (including phenoxy) is 1. The summed E-state index contributed by atoms with van der Waals surface area (Å²) in [6, 6.07) is 7.58. The van der Waals surface area contributed by atoms with Gasteiger partial charge in [0.1, 0.15) is 17.2 Å². The fraction of sp³-hybridized carbons (Fsp3) is 0.517. The SMILES string of the molecule is CC(C)NC(=O)C1CCC(n2c(NC(=O)c3ccc(F)cc3)nc3cnc(NCCN4CCOCC4)cc32)CC1. The van der Waals surface area contributed by atoms with E-state index in [1.54, 1.807) is 6.20 Å². The zero-order valence-electron chi connectivity index (χ0n) is 23.2. The van der Waals surface area contributed by atoms with Crippen LogP contribution in [0.3, 0.4) is 0 Å². The quantitative estimate of drug-likeness (QED) is 0.371. The number of anilines is 2. The number of benzene rings is 1. The van der Waals surface area contributed by atoms with Gasteiger partial charge in [0.05, 0.1) is 24.9 Å². The first kappa shape index (κ1) is 28.0. The number of carbonyl (C=O) groups excluding carboxylic acids is 2. The Kier molecular flexibility index (Phi) is 8.91. The maximum atomic E-state index is 13.4. The number of halogens is 1. The summed E-state index contributed by atoms with van der Waals surface area (Å²) in [7, 11) is 0. The number of fused-ring (bicyclic) bond motifs is 1. The Balaban J connectivity index is 1.37. The summed E-state index contributed by atoms with van der Waals surface area (Å²) in [5, 5.41) is 9.40. The first-order valence-electron chi connectivity index (χ1n) is 14.2.